The van der Waals surface area contributed by atoms with Crippen LogP contribution in [0.2, 0.25) is 5.02 Å². The molecule has 0 amide bonds. The lowest BCUT2D eigenvalue weighted by atomic mass is 9.97. The number of rotatable bonds is 2. The molecule has 1 rings (SSSR count). The molecular formula is C10H13ClO. The van der Waals surface area contributed by atoms with Crippen molar-refractivity contribution in [1.29, 1.82) is 0 Å². The summed E-state index contributed by atoms with van der Waals surface area (Å²) in [6.07, 6.45) is -0.314. The summed E-state index contributed by atoms with van der Waals surface area (Å²) in [6.45, 7) is 3.78. The SMILES string of the molecule is CC(O)C(C)c1ccc(Cl)cc1. The lowest BCUT2D eigenvalue weighted by Crippen LogP contribution is -2.10. The summed E-state index contributed by atoms with van der Waals surface area (Å²) in [5.41, 5.74) is 1.12. The molecule has 0 radical (unpaired) electrons. The van der Waals surface area contributed by atoms with Crippen molar-refractivity contribution in [1.82, 2.24) is 0 Å². The summed E-state index contributed by atoms with van der Waals surface area (Å²) in [5, 5.41) is 10.0. The molecule has 66 valence electrons. The zero-order valence-electron chi connectivity index (χ0n) is 7.29. The first-order valence-corrected chi connectivity index (χ1v) is 4.42. The van der Waals surface area contributed by atoms with Gasteiger partial charge in [0.25, 0.3) is 0 Å². The van der Waals surface area contributed by atoms with Crippen molar-refractivity contribution in [3.63, 3.8) is 0 Å². The number of halogens is 1. The van der Waals surface area contributed by atoms with E-state index >= 15 is 0 Å². The van der Waals surface area contributed by atoms with E-state index in [9.17, 15) is 5.11 Å². The maximum Gasteiger partial charge on any atom is 0.0577 e. The van der Waals surface area contributed by atoms with Crippen molar-refractivity contribution in [2.24, 2.45) is 0 Å². The first kappa shape index (κ1) is 9.56. The highest BCUT2D eigenvalue weighted by molar-refractivity contribution is 6.30. The van der Waals surface area contributed by atoms with E-state index < -0.39 is 0 Å². The van der Waals surface area contributed by atoms with E-state index in [1.807, 2.05) is 31.2 Å². The van der Waals surface area contributed by atoms with Crippen molar-refractivity contribution in [2.75, 3.05) is 0 Å². The normalized spacial score (nSPS) is 15.7. The maximum atomic E-state index is 9.31. The predicted molar refractivity (Wildman–Crippen MR) is 51.5 cm³/mol. The Balaban J connectivity index is 2.82. The molecule has 0 saturated heterocycles. The molecule has 0 aliphatic carbocycles. The van der Waals surface area contributed by atoms with E-state index in [4.69, 9.17) is 11.6 Å². The minimum Gasteiger partial charge on any atom is -0.393 e. The van der Waals surface area contributed by atoms with Crippen molar-refractivity contribution >= 4 is 11.6 Å². The minimum absolute atomic E-state index is 0.169. The third-order valence-corrected chi connectivity index (χ3v) is 2.37. The van der Waals surface area contributed by atoms with Gasteiger partial charge >= 0.3 is 0 Å². The molecule has 0 spiro atoms. The molecule has 0 aromatic heterocycles. The van der Waals surface area contributed by atoms with Crippen molar-refractivity contribution < 1.29 is 5.11 Å². The van der Waals surface area contributed by atoms with Crippen LogP contribution in [0, 0.1) is 0 Å². The molecule has 0 fully saturated rings. The fourth-order valence-electron chi connectivity index (χ4n) is 1.04. The highest BCUT2D eigenvalue weighted by atomic mass is 35.5. The smallest absolute Gasteiger partial charge is 0.0577 e. The fourth-order valence-corrected chi connectivity index (χ4v) is 1.17. The third kappa shape index (κ3) is 2.23. The molecule has 1 nitrogen and oxygen atoms in total. The molecule has 0 heterocycles. The Hall–Kier alpha value is -0.530. The van der Waals surface area contributed by atoms with Gasteiger partial charge in [0.1, 0.15) is 0 Å². The van der Waals surface area contributed by atoms with Crippen LogP contribution in [-0.2, 0) is 0 Å². The predicted octanol–water partition coefficient (Wildman–Crippen LogP) is 2.82. The van der Waals surface area contributed by atoms with Gasteiger partial charge in [-0.2, -0.15) is 0 Å². The molecule has 2 atom stereocenters. The van der Waals surface area contributed by atoms with Gasteiger partial charge in [0.2, 0.25) is 0 Å². The van der Waals surface area contributed by atoms with Gasteiger partial charge in [-0.25, -0.2) is 0 Å². The van der Waals surface area contributed by atoms with Crippen LogP contribution in [0.25, 0.3) is 0 Å². The molecule has 2 unspecified atom stereocenters. The topological polar surface area (TPSA) is 20.2 Å². The summed E-state index contributed by atoms with van der Waals surface area (Å²) < 4.78 is 0. The van der Waals surface area contributed by atoms with Crippen LogP contribution in [-0.4, -0.2) is 11.2 Å². The quantitative estimate of drug-likeness (QED) is 0.750. The van der Waals surface area contributed by atoms with Gasteiger partial charge in [0, 0.05) is 10.9 Å². The van der Waals surface area contributed by atoms with Gasteiger partial charge in [-0.05, 0) is 24.6 Å². The number of aliphatic hydroxyl groups is 1. The lowest BCUT2D eigenvalue weighted by molar-refractivity contribution is 0.169. The van der Waals surface area contributed by atoms with Crippen LogP contribution >= 0.6 is 11.6 Å². The Morgan fingerprint density at radius 3 is 2.08 bits per heavy atom. The molecule has 0 saturated carbocycles. The Kier molecular flexibility index (Phi) is 3.12. The van der Waals surface area contributed by atoms with Gasteiger partial charge < -0.3 is 5.11 Å². The summed E-state index contributed by atoms with van der Waals surface area (Å²) in [6, 6.07) is 7.57. The largest absolute Gasteiger partial charge is 0.393 e. The van der Waals surface area contributed by atoms with Crippen LogP contribution < -0.4 is 0 Å². The maximum absolute atomic E-state index is 9.31. The standard InChI is InChI=1S/C10H13ClO/c1-7(8(2)12)9-3-5-10(11)6-4-9/h3-8,12H,1-2H3. The van der Waals surface area contributed by atoms with E-state index in [1.54, 1.807) is 6.92 Å². The second-order valence-electron chi connectivity index (χ2n) is 3.08. The molecular weight excluding hydrogens is 172 g/mol. The van der Waals surface area contributed by atoms with Crippen molar-refractivity contribution in [3.05, 3.63) is 34.9 Å². The van der Waals surface area contributed by atoms with Crippen LogP contribution in [0.3, 0.4) is 0 Å². The Morgan fingerprint density at radius 2 is 1.67 bits per heavy atom. The third-order valence-electron chi connectivity index (χ3n) is 2.12. The van der Waals surface area contributed by atoms with Gasteiger partial charge in [0.05, 0.1) is 6.10 Å². The highest BCUT2D eigenvalue weighted by Gasteiger charge is 2.10. The molecule has 12 heavy (non-hydrogen) atoms. The number of aliphatic hydroxyl groups excluding tert-OH is 1. The average Bonchev–Trinajstić information content (AvgIpc) is 2.04. The fraction of sp³-hybridized carbons (Fsp3) is 0.400. The molecule has 1 aromatic carbocycles. The zero-order chi connectivity index (χ0) is 9.14. The summed E-state index contributed by atoms with van der Waals surface area (Å²) in [5.74, 6) is 0.169. The summed E-state index contributed by atoms with van der Waals surface area (Å²) >= 11 is 5.73. The van der Waals surface area contributed by atoms with Crippen molar-refractivity contribution in [3.8, 4) is 0 Å². The molecule has 0 bridgehead atoms. The van der Waals surface area contributed by atoms with Gasteiger partial charge in [-0.1, -0.05) is 30.7 Å². The van der Waals surface area contributed by atoms with Gasteiger partial charge in [-0.15, -0.1) is 0 Å². The monoisotopic (exact) mass is 184 g/mol. The van der Waals surface area contributed by atoms with E-state index in [0.29, 0.717) is 0 Å². The van der Waals surface area contributed by atoms with Gasteiger partial charge in [0.15, 0.2) is 0 Å². The van der Waals surface area contributed by atoms with E-state index in [2.05, 4.69) is 0 Å². The van der Waals surface area contributed by atoms with Crippen LogP contribution in [0.15, 0.2) is 24.3 Å². The first-order chi connectivity index (χ1) is 5.61. The molecule has 1 N–H and O–H groups in total. The second-order valence-corrected chi connectivity index (χ2v) is 3.52. The first-order valence-electron chi connectivity index (χ1n) is 4.05. The Labute approximate surface area is 78.0 Å². The van der Waals surface area contributed by atoms with E-state index in [1.165, 1.54) is 0 Å². The van der Waals surface area contributed by atoms with Crippen LogP contribution in [0.1, 0.15) is 25.3 Å². The second kappa shape index (κ2) is 3.92. The Morgan fingerprint density at radius 1 is 1.17 bits per heavy atom. The minimum atomic E-state index is -0.314. The molecule has 2 heteroatoms. The molecule has 0 aliphatic heterocycles. The zero-order valence-corrected chi connectivity index (χ0v) is 8.05. The average molecular weight is 185 g/mol. The van der Waals surface area contributed by atoms with Crippen molar-refractivity contribution in [2.45, 2.75) is 25.9 Å². The van der Waals surface area contributed by atoms with E-state index in [-0.39, 0.29) is 12.0 Å². The number of hydrogen-bond donors (Lipinski definition) is 1. The molecule has 0 aliphatic rings. The highest BCUT2D eigenvalue weighted by Crippen LogP contribution is 2.20. The lowest BCUT2D eigenvalue weighted by Gasteiger charge is -2.14. The molecule has 1 aromatic rings. The van der Waals surface area contributed by atoms with Crippen LogP contribution in [0.5, 0.6) is 0 Å². The van der Waals surface area contributed by atoms with Crippen LogP contribution in [0.4, 0.5) is 0 Å². The number of hydrogen-bond acceptors (Lipinski definition) is 1. The Bertz CT molecular complexity index is 241. The number of benzene rings is 1. The van der Waals surface area contributed by atoms with E-state index in [0.717, 1.165) is 10.6 Å². The van der Waals surface area contributed by atoms with Gasteiger partial charge in [-0.3, -0.25) is 0 Å². The summed E-state index contributed by atoms with van der Waals surface area (Å²) in [4.78, 5) is 0. The summed E-state index contributed by atoms with van der Waals surface area (Å²) in [7, 11) is 0.